The van der Waals surface area contributed by atoms with Gasteiger partial charge >= 0.3 is 12.0 Å². The third-order valence-corrected chi connectivity index (χ3v) is 14.2. The lowest BCUT2D eigenvalue weighted by atomic mass is 9.85. The lowest BCUT2D eigenvalue weighted by Gasteiger charge is -2.35. The molecule has 1 saturated heterocycles. The fourth-order valence-corrected chi connectivity index (χ4v) is 9.41. The number of Topliss-reactive ketones (excluding diaryl/α,β-unsaturated/α-hetero) is 1. The number of hydrogen-bond acceptors (Lipinski definition) is 11. The molecule has 2 aliphatic heterocycles. The quantitative estimate of drug-likeness (QED) is 0.285. The van der Waals surface area contributed by atoms with Gasteiger partial charge in [-0.25, -0.2) is 32.0 Å². The highest BCUT2D eigenvalue weighted by atomic mass is 32.2. The summed E-state index contributed by atoms with van der Waals surface area (Å²) in [6, 6.07) is 3.44. The molecule has 2 N–H and O–H groups in total. The summed E-state index contributed by atoms with van der Waals surface area (Å²) in [5.74, 6) is -8.89. The van der Waals surface area contributed by atoms with Gasteiger partial charge in [0.2, 0.25) is 34.1 Å². The Kier molecular flexibility index (Phi) is 10.8. The molecular weight excluding hydrogens is 791 g/mol. The molecule has 2 bridgehead atoms. The van der Waals surface area contributed by atoms with Crippen molar-refractivity contribution >= 4 is 44.7 Å². The summed E-state index contributed by atoms with van der Waals surface area (Å²) in [4.78, 5) is 65.6. The predicted octanol–water partition coefficient (Wildman–Crippen LogP) is 4.95. The highest BCUT2D eigenvalue weighted by Crippen LogP contribution is 2.59. The first-order valence-electron chi connectivity index (χ1n) is 19.4. The van der Waals surface area contributed by atoms with E-state index in [-0.39, 0.29) is 36.9 Å². The van der Waals surface area contributed by atoms with Crippen molar-refractivity contribution in [1.29, 1.82) is 0 Å². The molecule has 4 fully saturated rings. The predicted molar refractivity (Wildman–Crippen MR) is 198 cm³/mol. The van der Waals surface area contributed by atoms with Crippen molar-refractivity contribution in [1.82, 2.24) is 24.9 Å². The van der Waals surface area contributed by atoms with Gasteiger partial charge in [-0.2, -0.15) is 8.78 Å². The number of alkyl halides is 4. The van der Waals surface area contributed by atoms with Crippen molar-refractivity contribution in [2.24, 2.45) is 16.7 Å². The van der Waals surface area contributed by atoms with E-state index in [0.717, 1.165) is 11.0 Å². The molecule has 5 aliphatic rings. The molecule has 19 heteroatoms. The second kappa shape index (κ2) is 15.0. The second-order valence-electron chi connectivity index (χ2n) is 17.4. The third-order valence-electron chi connectivity index (χ3n) is 12.0. The first-order valence-corrected chi connectivity index (χ1v) is 20.9. The molecule has 1 aromatic heterocycles. The van der Waals surface area contributed by atoms with Crippen LogP contribution in [0.3, 0.4) is 0 Å². The number of nitrogens with zero attached hydrogens (tertiary/aromatic N) is 3. The summed E-state index contributed by atoms with van der Waals surface area (Å²) in [6.07, 6.45) is -4.57. The smallest absolute Gasteiger partial charge is 0.408 e. The number of ketones is 1. The Hall–Kier alpha value is -4.39. The number of allylic oxidation sites excluding steroid dienone is 1. The van der Waals surface area contributed by atoms with Gasteiger partial charge < -0.3 is 24.4 Å². The van der Waals surface area contributed by atoms with Crippen LogP contribution in [-0.4, -0.2) is 102 Å². The highest BCUT2D eigenvalue weighted by Gasteiger charge is 2.67. The number of sulfonamides is 1. The lowest BCUT2D eigenvalue weighted by molar-refractivity contribution is -0.142. The minimum Gasteiger partial charge on any atom is -0.471 e. The zero-order valence-corrected chi connectivity index (χ0v) is 33.3. The van der Waals surface area contributed by atoms with Crippen LogP contribution in [-0.2, 0) is 39.8 Å². The van der Waals surface area contributed by atoms with Crippen molar-refractivity contribution in [2.75, 3.05) is 13.2 Å². The van der Waals surface area contributed by atoms with E-state index in [2.05, 4.69) is 15.3 Å². The van der Waals surface area contributed by atoms with Crippen LogP contribution in [0.25, 0.3) is 11.0 Å². The van der Waals surface area contributed by atoms with Gasteiger partial charge in [0.15, 0.2) is 11.5 Å². The summed E-state index contributed by atoms with van der Waals surface area (Å²) in [7, 11) is -4.26. The van der Waals surface area contributed by atoms with Gasteiger partial charge in [-0.05, 0) is 69.1 Å². The van der Waals surface area contributed by atoms with E-state index < -0.39 is 129 Å². The Bertz CT molecular complexity index is 2130. The number of para-hydroxylation sites is 2. The van der Waals surface area contributed by atoms with Gasteiger partial charge in [0.1, 0.15) is 18.2 Å². The maximum atomic E-state index is 16.1. The van der Waals surface area contributed by atoms with Crippen LogP contribution in [0.5, 0.6) is 5.88 Å². The maximum Gasteiger partial charge on any atom is 0.408 e. The second-order valence-corrected chi connectivity index (χ2v) is 19.6. The van der Waals surface area contributed by atoms with E-state index in [1.807, 2.05) is 4.72 Å². The van der Waals surface area contributed by atoms with Crippen LogP contribution in [0.15, 0.2) is 36.4 Å². The molecule has 7 atom stereocenters. The van der Waals surface area contributed by atoms with Crippen LogP contribution in [0.2, 0.25) is 0 Å². The van der Waals surface area contributed by atoms with E-state index in [4.69, 9.17) is 14.2 Å². The summed E-state index contributed by atoms with van der Waals surface area (Å²) in [5.41, 5.74) is -3.61. The molecule has 3 saturated carbocycles. The molecule has 2 aromatic rings. The Labute approximate surface area is 332 Å². The fourth-order valence-electron chi connectivity index (χ4n) is 8.08. The number of rotatable bonds is 7. The minimum absolute atomic E-state index is 0.140. The molecule has 7 rings (SSSR count). The molecule has 58 heavy (non-hydrogen) atoms. The van der Waals surface area contributed by atoms with Crippen LogP contribution < -0.4 is 14.8 Å². The van der Waals surface area contributed by atoms with E-state index in [9.17, 15) is 36.4 Å². The number of nitrogens with one attached hydrogen (secondary N) is 2. The molecular formula is C39H47F4N5O9S. The van der Waals surface area contributed by atoms with Gasteiger partial charge in [0.25, 0.3) is 0 Å². The first-order chi connectivity index (χ1) is 27.1. The minimum atomic E-state index is -4.26. The fraction of sp³-hybridized carbons (Fsp3) is 0.641. The Morgan fingerprint density at radius 2 is 1.72 bits per heavy atom. The number of carbonyl (C=O) groups is 4. The zero-order valence-electron chi connectivity index (χ0n) is 32.5. The van der Waals surface area contributed by atoms with Crippen LogP contribution in [0.4, 0.5) is 22.4 Å². The Morgan fingerprint density at radius 1 is 1.05 bits per heavy atom. The number of amides is 3. The van der Waals surface area contributed by atoms with E-state index in [0.29, 0.717) is 25.3 Å². The molecule has 0 radical (unpaired) electrons. The normalized spacial score (nSPS) is 31.5. The lowest BCUT2D eigenvalue weighted by Crippen LogP contribution is -2.57. The van der Waals surface area contributed by atoms with E-state index in [1.54, 1.807) is 32.9 Å². The summed E-state index contributed by atoms with van der Waals surface area (Å²) in [5, 5.41) is 2.63. The average molecular weight is 838 g/mol. The van der Waals surface area contributed by atoms with Gasteiger partial charge in [-0.3, -0.25) is 19.1 Å². The average Bonchev–Trinajstić information content (AvgIpc) is 3.97. The number of fused-ring (bicyclic) bond motifs is 5. The third kappa shape index (κ3) is 8.12. The molecule has 316 valence electrons. The van der Waals surface area contributed by atoms with Gasteiger partial charge in [0.05, 0.1) is 46.5 Å². The molecule has 3 heterocycles. The molecule has 1 aromatic carbocycles. The SMILES string of the molecule is CC(C)(C)[C@@H]1NC(=O)O[C@@H]2CCC[C@H]2OC/C=C/C(F)(F)c2nc3ccccc3nc2O[C@@H]2C[C@@H](C(=O)C[C@]3(C(=O)NS(=O)(=O)C4(C)CC4)C[C@H]3C(F)F)N(C2)C1=O. The number of ether oxygens (including phenoxy) is 3. The summed E-state index contributed by atoms with van der Waals surface area (Å²) in [6.45, 7) is 5.74. The van der Waals surface area contributed by atoms with Gasteiger partial charge in [0, 0.05) is 18.8 Å². The highest BCUT2D eigenvalue weighted by molar-refractivity contribution is 7.91. The summed E-state index contributed by atoms with van der Waals surface area (Å²) >= 11 is 0. The Balaban J connectivity index is 1.26. The van der Waals surface area contributed by atoms with Crippen LogP contribution in [0.1, 0.15) is 84.8 Å². The van der Waals surface area contributed by atoms with Crippen LogP contribution >= 0.6 is 0 Å². The molecule has 0 unspecified atom stereocenters. The maximum absolute atomic E-state index is 16.1. The standard InChI is InChI=1S/C39H47F4N5O9S/c1-36(2,3)30-33(50)48-20-21(17-25(48)26(49)19-38(18-22(38)31(40)41)34(51)47-58(53,54)37(4)14-15-37)56-32-29(44-23-9-5-6-10-24(23)45-32)39(42,43)13-8-16-55-27-11-7-12-28(27)57-35(52)46-30/h5-6,8-10,13,21-22,25,27-28,30-31H,7,11-12,14-20H2,1-4H3,(H,46,52)(H,47,51)/b13-8+/t21-,22+,25+,27-,28-,30-,38-/m1/s1. The number of halogens is 4. The topological polar surface area (TPSA) is 183 Å². The first kappa shape index (κ1) is 41.8. The molecule has 0 spiro atoms. The zero-order chi connectivity index (χ0) is 42.0. The van der Waals surface area contributed by atoms with Crippen molar-refractivity contribution < 1.29 is 59.4 Å². The van der Waals surface area contributed by atoms with Gasteiger partial charge in [-0.1, -0.05) is 39.0 Å². The molecule has 3 aliphatic carbocycles. The monoisotopic (exact) mass is 837 g/mol. The largest absolute Gasteiger partial charge is 0.471 e. The number of aromatic nitrogens is 2. The van der Waals surface area contributed by atoms with E-state index in [1.165, 1.54) is 19.1 Å². The van der Waals surface area contributed by atoms with Crippen LogP contribution in [0, 0.1) is 16.7 Å². The van der Waals surface area contributed by atoms with Gasteiger partial charge in [-0.15, -0.1) is 0 Å². The number of hydrogen-bond donors (Lipinski definition) is 2. The number of benzene rings is 1. The number of carbonyl (C=O) groups excluding carboxylic acids is 4. The summed E-state index contributed by atoms with van der Waals surface area (Å²) < 4.78 is 105. The van der Waals surface area contributed by atoms with Crippen molar-refractivity contribution in [3.05, 3.63) is 42.1 Å². The van der Waals surface area contributed by atoms with Crippen molar-refractivity contribution in [3.63, 3.8) is 0 Å². The van der Waals surface area contributed by atoms with Crippen molar-refractivity contribution in [2.45, 2.75) is 127 Å². The van der Waals surface area contributed by atoms with E-state index >= 15 is 8.78 Å². The number of alkyl carbamates (subject to hydrolysis) is 1. The van der Waals surface area contributed by atoms with Crippen molar-refractivity contribution in [3.8, 4) is 5.88 Å². The Morgan fingerprint density at radius 3 is 2.36 bits per heavy atom. The molecule has 3 amide bonds. The molecule has 14 nitrogen and oxygen atoms in total.